The number of carbonyl (C=O) groups excluding carboxylic acids is 4. The molecule has 4 amide bonds. The van der Waals surface area contributed by atoms with Crippen LogP contribution in [0.2, 0.25) is 0 Å². The van der Waals surface area contributed by atoms with Gasteiger partial charge in [-0.1, -0.05) is 60.7 Å². The van der Waals surface area contributed by atoms with E-state index in [2.05, 4.69) is 21.5 Å². The predicted octanol–water partition coefficient (Wildman–Crippen LogP) is 2.20. The number of rotatable bonds is 8. The molecule has 0 aliphatic rings. The molecule has 0 aromatic heterocycles. The monoisotopic (exact) mass is 470 g/mol. The smallest absolute Gasteiger partial charge is 0.426 e. The van der Waals surface area contributed by atoms with Gasteiger partial charge in [0.2, 0.25) is 0 Å². The highest BCUT2D eigenvalue weighted by Gasteiger charge is 2.25. The van der Waals surface area contributed by atoms with Crippen molar-refractivity contribution in [3.8, 4) is 0 Å². The Bertz CT molecular complexity index is 960. The second-order valence-corrected chi connectivity index (χ2v) is 8.34. The van der Waals surface area contributed by atoms with Crippen molar-refractivity contribution in [3.63, 3.8) is 0 Å². The molecule has 0 saturated carbocycles. The summed E-state index contributed by atoms with van der Waals surface area (Å²) in [5.74, 6) is -1.20. The van der Waals surface area contributed by atoms with Gasteiger partial charge in [0.25, 0.3) is 11.8 Å². The van der Waals surface area contributed by atoms with E-state index < -0.39 is 42.3 Å². The van der Waals surface area contributed by atoms with Crippen molar-refractivity contribution in [2.24, 2.45) is 0 Å². The van der Waals surface area contributed by atoms with Gasteiger partial charge in [0, 0.05) is 13.0 Å². The number of hydrazine groups is 1. The first-order chi connectivity index (χ1) is 16.1. The van der Waals surface area contributed by atoms with E-state index in [0.29, 0.717) is 6.54 Å². The number of nitrogens with one attached hydrogen (secondary N) is 4. The van der Waals surface area contributed by atoms with Gasteiger partial charge in [0.15, 0.2) is 6.61 Å². The van der Waals surface area contributed by atoms with Crippen LogP contribution < -0.4 is 21.5 Å². The maximum atomic E-state index is 12.6. The second kappa shape index (κ2) is 12.8. The largest absolute Gasteiger partial charge is 0.444 e. The van der Waals surface area contributed by atoms with E-state index in [0.717, 1.165) is 11.1 Å². The van der Waals surface area contributed by atoms with Crippen molar-refractivity contribution in [1.29, 1.82) is 0 Å². The van der Waals surface area contributed by atoms with E-state index in [1.165, 1.54) is 0 Å². The summed E-state index contributed by atoms with van der Waals surface area (Å²) in [5.41, 5.74) is 5.19. The van der Waals surface area contributed by atoms with E-state index in [1.807, 2.05) is 36.4 Å². The lowest BCUT2D eigenvalue weighted by atomic mass is 10.1. The van der Waals surface area contributed by atoms with E-state index in [-0.39, 0.29) is 6.42 Å². The summed E-state index contributed by atoms with van der Waals surface area (Å²) < 4.78 is 10.0. The molecule has 2 aromatic rings. The minimum absolute atomic E-state index is 0.157. The van der Waals surface area contributed by atoms with Gasteiger partial charge in [-0.3, -0.25) is 15.0 Å². The molecule has 0 fully saturated rings. The quantitative estimate of drug-likeness (QED) is 0.437. The van der Waals surface area contributed by atoms with Crippen molar-refractivity contribution in [3.05, 3.63) is 71.8 Å². The number of hydrogen-bond donors (Lipinski definition) is 4. The third kappa shape index (κ3) is 10.5. The Hall–Kier alpha value is -4.08. The van der Waals surface area contributed by atoms with Crippen LogP contribution in [-0.4, -0.2) is 42.3 Å². The fourth-order valence-corrected chi connectivity index (χ4v) is 2.72. The summed E-state index contributed by atoms with van der Waals surface area (Å²) in [6.45, 7) is 4.86. The minimum atomic E-state index is -1.04. The molecule has 10 heteroatoms. The third-order valence-corrected chi connectivity index (χ3v) is 4.24. The number of benzene rings is 2. The molecular formula is C24H30N4O6. The van der Waals surface area contributed by atoms with Crippen LogP contribution in [0, 0.1) is 0 Å². The van der Waals surface area contributed by atoms with Crippen LogP contribution in [0.3, 0.4) is 0 Å². The molecule has 0 spiro atoms. The molecule has 10 nitrogen and oxygen atoms in total. The summed E-state index contributed by atoms with van der Waals surface area (Å²) >= 11 is 0. The molecule has 0 unspecified atom stereocenters. The van der Waals surface area contributed by atoms with Crippen LogP contribution in [0.5, 0.6) is 0 Å². The molecule has 0 aliphatic heterocycles. The second-order valence-electron chi connectivity index (χ2n) is 8.34. The van der Waals surface area contributed by atoms with E-state index >= 15 is 0 Å². The number of ether oxygens (including phenoxy) is 2. The summed E-state index contributed by atoms with van der Waals surface area (Å²) in [4.78, 5) is 48.5. The van der Waals surface area contributed by atoms with Crippen molar-refractivity contribution in [2.75, 3.05) is 6.61 Å². The fraction of sp³-hybridized carbons (Fsp3) is 0.333. The molecular weight excluding hydrogens is 440 g/mol. The van der Waals surface area contributed by atoms with Crippen LogP contribution in [0.15, 0.2) is 60.7 Å². The van der Waals surface area contributed by atoms with Gasteiger partial charge in [0.1, 0.15) is 11.6 Å². The Balaban J connectivity index is 1.82. The highest BCUT2D eigenvalue weighted by atomic mass is 16.6. The summed E-state index contributed by atoms with van der Waals surface area (Å²) in [5, 5.41) is 5.11. The number of hydrogen-bond acceptors (Lipinski definition) is 6. The van der Waals surface area contributed by atoms with Gasteiger partial charge in [-0.25, -0.2) is 15.0 Å². The van der Waals surface area contributed by atoms with Crippen molar-refractivity contribution in [2.45, 2.75) is 45.4 Å². The molecule has 0 radical (unpaired) electrons. The maximum absolute atomic E-state index is 12.6. The SMILES string of the molecule is CC(C)(C)OC(=O)N[C@H](Cc1ccccc1)C(=O)NNC(=O)OCC(=O)NCc1ccccc1. The lowest BCUT2D eigenvalue weighted by Crippen LogP contribution is -2.54. The van der Waals surface area contributed by atoms with E-state index in [4.69, 9.17) is 9.47 Å². The zero-order valence-electron chi connectivity index (χ0n) is 19.4. The number of alkyl carbamates (subject to hydrolysis) is 1. The molecule has 2 aromatic carbocycles. The average Bonchev–Trinajstić information content (AvgIpc) is 2.79. The Labute approximate surface area is 198 Å². The standard InChI is InChI=1S/C24H30N4O6/c1-24(2,3)34-22(31)26-19(14-17-10-6-4-7-11-17)21(30)27-28-23(32)33-16-20(29)25-15-18-12-8-5-9-13-18/h4-13,19H,14-16H2,1-3H3,(H,25,29)(H,26,31)(H,27,30)(H,28,32)/t19-/m1/s1. The third-order valence-electron chi connectivity index (χ3n) is 4.24. The zero-order valence-corrected chi connectivity index (χ0v) is 19.4. The summed E-state index contributed by atoms with van der Waals surface area (Å²) in [6.07, 6.45) is -1.65. The van der Waals surface area contributed by atoms with Crippen LogP contribution in [0.25, 0.3) is 0 Å². The highest BCUT2D eigenvalue weighted by molar-refractivity contribution is 5.87. The number of carbonyl (C=O) groups is 4. The number of amides is 4. The molecule has 1 atom stereocenters. The first-order valence-corrected chi connectivity index (χ1v) is 10.7. The first kappa shape index (κ1) is 26.2. The van der Waals surface area contributed by atoms with Crippen molar-refractivity contribution >= 4 is 24.0 Å². The first-order valence-electron chi connectivity index (χ1n) is 10.7. The summed E-state index contributed by atoms with van der Waals surface area (Å²) in [6, 6.07) is 17.2. The average molecular weight is 471 g/mol. The van der Waals surface area contributed by atoms with Crippen LogP contribution in [0.4, 0.5) is 9.59 Å². The Kier molecular flexibility index (Phi) is 9.88. The Morgan fingerprint density at radius 3 is 2.00 bits per heavy atom. The lowest BCUT2D eigenvalue weighted by molar-refractivity contribution is -0.124. The molecule has 0 heterocycles. The Morgan fingerprint density at radius 2 is 1.41 bits per heavy atom. The summed E-state index contributed by atoms with van der Waals surface area (Å²) in [7, 11) is 0. The van der Waals surface area contributed by atoms with Gasteiger partial charge < -0.3 is 20.1 Å². The van der Waals surface area contributed by atoms with Gasteiger partial charge in [-0.05, 0) is 31.9 Å². The minimum Gasteiger partial charge on any atom is -0.444 e. The van der Waals surface area contributed by atoms with Crippen LogP contribution in [-0.2, 0) is 32.0 Å². The van der Waals surface area contributed by atoms with Gasteiger partial charge >= 0.3 is 12.2 Å². The predicted molar refractivity (Wildman–Crippen MR) is 124 cm³/mol. The van der Waals surface area contributed by atoms with Crippen LogP contribution in [0.1, 0.15) is 31.9 Å². The zero-order chi connectivity index (χ0) is 25.0. The molecule has 0 bridgehead atoms. The van der Waals surface area contributed by atoms with Crippen molar-refractivity contribution in [1.82, 2.24) is 21.5 Å². The topological polar surface area (TPSA) is 135 Å². The Morgan fingerprint density at radius 1 is 0.824 bits per heavy atom. The maximum Gasteiger partial charge on any atom is 0.426 e. The van der Waals surface area contributed by atoms with Crippen LogP contribution >= 0.6 is 0 Å². The van der Waals surface area contributed by atoms with E-state index in [9.17, 15) is 19.2 Å². The normalized spacial score (nSPS) is 11.5. The van der Waals surface area contributed by atoms with Gasteiger partial charge in [0.05, 0.1) is 0 Å². The fourth-order valence-electron chi connectivity index (χ4n) is 2.72. The molecule has 182 valence electrons. The van der Waals surface area contributed by atoms with Gasteiger partial charge in [-0.15, -0.1) is 0 Å². The lowest BCUT2D eigenvalue weighted by Gasteiger charge is -2.23. The molecule has 34 heavy (non-hydrogen) atoms. The van der Waals surface area contributed by atoms with E-state index in [1.54, 1.807) is 45.0 Å². The highest BCUT2D eigenvalue weighted by Crippen LogP contribution is 2.08. The van der Waals surface area contributed by atoms with Gasteiger partial charge in [-0.2, -0.15) is 0 Å². The molecule has 4 N–H and O–H groups in total. The van der Waals surface area contributed by atoms with Crippen molar-refractivity contribution < 1.29 is 28.7 Å². The molecule has 2 rings (SSSR count). The molecule has 0 saturated heterocycles. The molecule has 0 aliphatic carbocycles.